The fourth-order valence-corrected chi connectivity index (χ4v) is 4.06. The number of piperazine rings is 1. The molecule has 1 aromatic carbocycles. The molecule has 1 aromatic rings. The molecule has 0 radical (unpaired) electrons. The normalized spacial score (nSPS) is 17.1. The van der Waals surface area contributed by atoms with Gasteiger partial charge in [-0.1, -0.05) is 44.5 Å². The summed E-state index contributed by atoms with van der Waals surface area (Å²) < 4.78 is 0. The number of aliphatic imine (C=N–C) groups is 1. The Labute approximate surface area is 183 Å². The molecule has 2 rings (SSSR count). The van der Waals surface area contributed by atoms with Gasteiger partial charge < -0.3 is 20.6 Å². The summed E-state index contributed by atoms with van der Waals surface area (Å²) in [5, 5.41) is 16.1. The second kappa shape index (κ2) is 14.4. The van der Waals surface area contributed by atoms with Crippen LogP contribution in [-0.4, -0.2) is 73.3 Å². The lowest BCUT2D eigenvalue weighted by atomic mass is 10.0. The number of nitrogens with one attached hydrogen (secondary N) is 2. The summed E-state index contributed by atoms with van der Waals surface area (Å²) in [6.07, 6.45) is 3.11. The molecule has 6 heteroatoms. The average Bonchev–Trinajstić information content (AvgIpc) is 2.77. The number of aliphatic hydroxyl groups excluding tert-OH is 1. The van der Waals surface area contributed by atoms with E-state index in [0.29, 0.717) is 12.5 Å². The quantitative estimate of drug-likeness (QED) is 0.361. The first-order chi connectivity index (χ1) is 14.7. The van der Waals surface area contributed by atoms with Gasteiger partial charge in [-0.05, 0) is 43.4 Å². The zero-order chi connectivity index (χ0) is 21.6. The van der Waals surface area contributed by atoms with E-state index in [2.05, 4.69) is 65.5 Å². The molecule has 0 amide bonds. The van der Waals surface area contributed by atoms with Crippen LogP contribution in [0.25, 0.3) is 0 Å². The fourth-order valence-electron chi connectivity index (χ4n) is 4.06. The van der Waals surface area contributed by atoms with Crippen LogP contribution in [0, 0.1) is 5.92 Å². The molecule has 1 atom stereocenters. The van der Waals surface area contributed by atoms with Crippen molar-refractivity contribution in [2.24, 2.45) is 10.9 Å². The van der Waals surface area contributed by atoms with Gasteiger partial charge in [0.1, 0.15) is 0 Å². The SMILES string of the molecule is CCCC(CCO)CNC(=NCc1ccccc1CN1CCN(CC)CC1)NCC. The molecule has 170 valence electrons. The number of nitrogens with zero attached hydrogens (tertiary/aromatic N) is 3. The van der Waals surface area contributed by atoms with Crippen LogP contribution in [-0.2, 0) is 13.1 Å². The molecular formula is C24H43N5O. The lowest BCUT2D eigenvalue weighted by Crippen LogP contribution is -2.45. The minimum Gasteiger partial charge on any atom is -0.396 e. The minimum absolute atomic E-state index is 0.250. The molecule has 3 N–H and O–H groups in total. The summed E-state index contributed by atoms with van der Waals surface area (Å²) >= 11 is 0. The molecule has 1 saturated heterocycles. The van der Waals surface area contributed by atoms with E-state index in [9.17, 15) is 5.11 Å². The maximum atomic E-state index is 9.30. The molecule has 1 heterocycles. The van der Waals surface area contributed by atoms with Crippen molar-refractivity contribution >= 4 is 5.96 Å². The molecule has 1 unspecified atom stereocenters. The topological polar surface area (TPSA) is 63.1 Å². The molecular weight excluding hydrogens is 374 g/mol. The first-order valence-corrected chi connectivity index (χ1v) is 11.8. The third-order valence-electron chi connectivity index (χ3n) is 5.97. The van der Waals surface area contributed by atoms with E-state index in [1.54, 1.807) is 0 Å². The van der Waals surface area contributed by atoms with Crippen LogP contribution in [0.3, 0.4) is 0 Å². The monoisotopic (exact) mass is 417 g/mol. The third kappa shape index (κ3) is 8.62. The Balaban J connectivity index is 1.96. The van der Waals surface area contributed by atoms with Gasteiger partial charge >= 0.3 is 0 Å². The molecule has 0 bridgehead atoms. The lowest BCUT2D eigenvalue weighted by molar-refractivity contribution is 0.131. The van der Waals surface area contributed by atoms with Crippen LogP contribution in [0.4, 0.5) is 0 Å². The van der Waals surface area contributed by atoms with Crippen molar-refractivity contribution in [2.75, 3.05) is 52.4 Å². The average molecular weight is 418 g/mol. The molecule has 1 fully saturated rings. The van der Waals surface area contributed by atoms with Crippen molar-refractivity contribution in [1.29, 1.82) is 0 Å². The van der Waals surface area contributed by atoms with Gasteiger partial charge in [0.25, 0.3) is 0 Å². The Morgan fingerprint density at radius 3 is 2.33 bits per heavy atom. The molecule has 6 nitrogen and oxygen atoms in total. The van der Waals surface area contributed by atoms with Gasteiger partial charge in [0, 0.05) is 52.4 Å². The van der Waals surface area contributed by atoms with Crippen LogP contribution in [0.2, 0.25) is 0 Å². The van der Waals surface area contributed by atoms with Crippen LogP contribution in [0.5, 0.6) is 0 Å². The van der Waals surface area contributed by atoms with Crippen molar-refractivity contribution in [3.05, 3.63) is 35.4 Å². The minimum atomic E-state index is 0.250. The van der Waals surface area contributed by atoms with E-state index in [1.807, 2.05) is 0 Å². The smallest absolute Gasteiger partial charge is 0.191 e. The van der Waals surface area contributed by atoms with Crippen LogP contribution >= 0.6 is 0 Å². The molecule has 0 saturated carbocycles. The predicted molar refractivity (Wildman–Crippen MR) is 127 cm³/mol. The van der Waals surface area contributed by atoms with Gasteiger partial charge in [-0.15, -0.1) is 0 Å². The Kier molecular flexibility index (Phi) is 11.8. The van der Waals surface area contributed by atoms with Crippen molar-refractivity contribution in [2.45, 2.75) is 53.1 Å². The summed E-state index contributed by atoms with van der Waals surface area (Å²) in [6, 6.07) is 8.70. The number of benzene rings is 1. The number of likely N-dealkylation sites (N-methyl/N-ethyl adjacent to an activating group) is 1. The van der Waals surface area contributed by atoms with Crippen LogP contribution in [0.1, 0.15) is 51.2 Å². The predicted octanol–water partition coefficient (Wildman–Crippen LogP) is 2.68. The van der Waals surface area contributed by atoms with Gasteiger partial charge in [-0.2, -0.15) is 0 Å². The summed E-state index contributed by atoms with van der Waals surface area (Å²) in [7, 11) is 0. The van der Waals surface area contributed by atoms with E-state index < -0.39 is 0 Å². The first kappa shape index (κ1) is 24.6. The molecule has 1 aliphatic rings. The Morgan fingerprint density at radius 2 is 1.70 bits per heavy atom. The molecule has 0 aromatic heterocycles. The van der Waals surface area contributed by atoms with E-state index in [1.165, 1.54) is 11.1 Å². The number of hydrogen-bond acceptors (Lipinski definition) is 4. The van der Waals surface area contributed by atoms with Gasteiger partial charge in [0.15, 0.2) is 5.96 Å². The zero-order valence-electron chi connectivity index (χ0n) is 19.4. The van der Waals surface area contributed by atoms with E-state index in [0.717, 1.165) is 77.6 Å². The zero-order valence-corrected chi connectivity index (χ0v) is 19.4. The Morgan fingerprint density at radius 1 is 1.00 bits per heavy atom. The summed E-state index contributed by atoms with van der Waals surface area (Å²) in [5.41, 5.74) is 2.68. The Hall–Kier alpha value is -1.63. The maximum Gasteiger partial charge on any atom is 0.191 e. The summed E-state index contributed by atoms with van der Waals surface area (Å²) in [4.78, 5) is 9.94. The standard InChI is InChI=1S/C24H43N5O/c1-4-9-21(12-17-30)18-26-24(25-5-2)27-19-22-10-7-8-11-23(22)20-29-15-13-28(6-3)14-16-29/h7-8,10-11,21,30H,4-6,9,12-20H2,1-3H3,(H2,25,26,27). The van der Waals surface area contributed by atoms with Crippen molar-refractivity contribution in [1.82, 2.24) is 20.4 Å². The highest BCUT2D eigenvalue weighted by Gasteiger charge is 2.16. The summed E-state index contributed by atoms with van der Waals surface area (Å²) in [5.74, 6) is 1.35. The molecule has 0 spiro atoms. The first-order valence-electron chi connectivity index (χ1n) is 11.8. The second-order valence-electron chi connectivity index (χ2n) is 8.22. The fraction of sp³-hybridized carbons (Fsp3) is 0.708. The van der Waals surface area contributed by atoms with E-state index in [-0.39, 0.29) is 6.61 Å². The largest absolute Gasteiger partial charge is 0.396 e. The van der Waals surface area contributed by atoms with E-state index >= 15 is 0 Å². The summed E-state index contributed by atoms with van der Waals surface area (Å²) in [6.45, 7) is 15.9. The number of rotatable bonds is 12. The number of hydrogen-bond donors (Lipinski definition) is 3. The van der Waals surface area contributed by atoms with Crippen molar-refractivity contribution in [3.63, 3.8) is 0 Å². The third-order valence-corrected chi connectivity index (χ3v) is 5.97. The highest BCUT2D eigenvalue weighted by molar-refractivity contribution is 5.79. The second-order valence-corrected chi connectivity index (χ2v) is 8.22. The maximum absolute atomic E-state index is 9.30. The van der Waals surface area contributed by atoms with Gasteiger partial charge in [-0.3, -0.25) is 4.90 Å². The molecule has 1 aliphatic heterocycles. The molecule has 0 aliphatic carbocycles. The van der Waals surface area contributed by atoms with E-state index in [4.69, 9.17) is 4.99 Å². The highest BCUT2D eigenvalue weighted by Crippen LogP contribution is 2.15. The van der Waals surface area contributed by atoms with Gasteiger partial charge in [0.2, 0.25) is 0 Å². The van der Waals surface area contributed by atoms with Crippen LogP contribution in [0.15, 0.2) is 29.3 Å². The van der Waals surface area contributed by atoms with Crippen molar-refractivity contribution in [3.8, 4) is 0 Å². The molecule has 30 heavy (non-hydrogen) atoms. The lowest BCUT2D eigenvalue weighted by Gasteiger charge is -2.34. The highest BCUT2D eigenvalue weighted by atomic mass is 16.3. The van der Waals surface area contributed by atoms with Gasteiger partial charge in [0.05, 0.1) is 6.54 Å². The van der Waals surface area contributed by atoms with Crippen LogP contribution < -0.4 is 10.6 Å². The Bertz CT molecular complexity index is 607. The van der Waals surface area contributed by atoms with Crippen molar-refractivity contribution < 1.29 is 5.11 Å². The number of aliphatic hydroxyl groups is 1. The number of guanidine groups is 1. The van der Waals surface area contributed by atoms with Gasteiger partial charge in [-0.25, -0.2) is 4.99 Å².